The molecule has 0 aliphatic carbocycles. The van der Waals surface area contributed by atoms with E-state index in [1.54, 1.807) is 24.1 Å². The number of unbranched alkanes of at least 4 members (excludes halogenated alkanes) is 2. The number of pyridine rings is 2. The molecule has 0 radical (unpaired) electrons. The normalized spacial score (nSPS) is 10.9. The molecule has 3 aromatic rings. The number of fused-ring (bicyclic) bond motifs is 1. The van der Waals surface area contributed by atoms with Crippen LogP contribution in [0.25, 0.3) is 10.8 Å². The summed E-state index contributed by atoms with van der Waals surface area (Å²) < 4.78 is 13.2. The van der Waals surface area contributed by atoms with Gasteiger partial charge in [0.2, 0.25) is 0 Å². The lowest BCUT2D eigenvalue weighted by Crippen LogP contribution is -2.20. The molecule has 5 heteroatoms. The number of aryl methyl sites for hydroxylation is 2. The minimum Gasteiger partial charge on any atom is -0.493 e. The molecule has 27 heavy (non-hydrogen) atoms. The third-order valence-corrected chi connectivity index (χ3v) is 4.68. The maximum absolute atomic E-state index is 12.9. The molecule has 0 aliphatic heterocycles. The summed E-state index contributed by atoms with van der Waals surface area (Å²) in [6.07, 6.45) is 9.40. The van der Waals surface area contributed by atoms with Gasteiger partial charge >= 0.3 is 0 Å². The van der Waals surface area contributed by atoms with Gasteiger partial charge in [0.05, 0.1) is 19.1 Å². The summed E-state index contributed by atoms with van der Waals surface area (Å²) in [5.41, 5.74) is 1.15. The highest BCUT2D eigenvalue weighted by atomic mass is 16.5. The number of rotatable bonds is 9. The fourth-order valence-electron chi connectivity index (χ4n) is 3.13. The van der Waals surface area contributed by atoms with Gasteiger partial charge in [-0.1, -0.05) is 19.8 Å². The van der Waals surface area contributed by atoms with Crippen LogP contribution in [0.2, 0.25) is 0 Å². The van der Waals surface area contributed by atoms with E-state index in [-0.39, 0.29) is 5.56 Å². The van der Waals surface area contributed by atoms with Crippen molar-refractivity contribution < 1.29 is 9.47 Å². The van der Waals surface area contributed by atoms with Crippen molar-refractivity contribution in [3.8, 4) is 11.5 Å². The van der Waals surface area contributed by atoms with Crippen LogP contribution in [-0.4, -0.2) is 23.3 Å². The van der Waals surface area contributed by atoms with Crippen LogP contribution in [0.15, 0.2) is 53.7 Å². The summed E-state index contributed by atoms with van der Waals surface area (Å²) in [5.74, 6) is 1.32. The molecule has 0 saturated heterocycles. The summed E-state index contributed by atoms with van der Waals surface area (Å²) in [4.78, 5) is 17.0. The van der Waals surface area contributed by atoms with Crippen molar-refractivity contribution in [1.82, 2.24) is 9.55 Å². The van der Waals surface area contributed by atoms with Crippen LogP contribution in [0.5, 0.6) is 11.5 Å². The van der Waals surface area contributed by atoms with Gasteiger partial charge in [-0.3, -0.25) is 9.78 Å². The maximum Gasteiger partial charge on any atom is 0.258 e. The van der Waals surface area contributed by atoms with Crippen molar-refractivity contribution in [3.05, 3.63) is 64.8 Å². The molecule has 0 unspecified atom stereocenters. The summed E-state index contributed by atoms with van der Waals surface area (Å²) >= 11 is 0. The third-order valence-electron chi connectivity index (χ3n) is 4.68. The summed E-state index contributed by atoms with van der Waals surface area (Å²) in [6, 6.07) is 9.52. The Labute approximate surface area is 159 Å². The van der Waals surface area contributed by atoms with Gasteiger partial charge in [0.15, 0.2) is 11.5 Å². The molecule has 142 valence electrons. The van der Waals surface area contributed by atoms with Crippen LogP contribution >= 0.6 is 0 Å². The lowest BCUT2D eigenvalue weighted by Gasteiger charge is -2.14. The fraction of sp³-hybridized carbons (Fsp3) is 0.364. The van der Waals surface area contributed by atoms with Crippen LogP contribution in [0.1, 0.15) is 31.7 Å². The van der Waals surface area contributed by atoms with Gasteiger partial charge in [0.1, 0.15) is 0 Å². The SMILES string of the molecule is CCCCCOc1c(OC)ccc2c(=O)n(CCc3ccncc3)ccc12. The molecule has 0 atom stereocenters. The molecule has 0 amide bonds. The van der Waals surface area contributed by atoms with E-state index in [2.05, 4.69) is 11.9 Å². The average Bonchev–Trinajstić information content (AvgIpc) is 2.71. The second-order valence-electron chi connectivity index (χ2n) is 6.53. The molecule has 0 bridgehead atoms. The molecule has 1 aromatic carbocycles. The predicted octanol–water partition coefficient (Wildman–Crippen LogP) is 4.22. The van der Waals surface area contributed by atoms with Crippen molar-refractivity contribution in [3.63, 3.8) is 0 Å². The molecular formula is C22H26N2O3. The number of aromatic nitrogens is 2. The third kappa shape index (κ3) is 4.48. The van der Waals surface area contributed by atoms with Crippen LogP contribution in [-0.2, 0) is 13.0 Å². The van der Waals surface area contributed by atoms with E-state index in [9.17, 15) is 4.79 Å². The maximum atomic E-state index is 12.9. The monoisotopic (exact) mass is 366 g/mol. The smallest absolute Gasteiger partial charge is 0.258 e. The number of ether oxygens (including phenoxy) is 2. The Bertz CT molecular complexity index is 935. The topological polar surface area (TPSA) is 53.4 Å². The number of nitrogens with zero attached hydrogens (tertiary/aromatic N) is 2. The summed E-state index contributed by atoms with van der Waals surface area (Å²) in [5, 5.41) is 1.45. The lowest BCUT2D eigenvalue weighted by molar-refractivity contribution is 0.289. The summed E-state index contributed by atoms with van der Waals surface area (Å²) in [7, 11) is 1.62. The van der Waals surface area contributed by atoms with E-state index >= 15 is 0 Å². The van der Waals surface area contributed by atoms with E-state index in [0.717, 1.165) is 36.6 Å². The van der Waals surface area contributed by atoms with Crippen LogP contribution in [0.3, 0.4) is 0 Å². The van der Waals surface area contributed by atoms with Crippen LogP contribution in [0, 0.1) is 0 Å². The molecule has 0 aliphatic rings. The molecule has 2 aromatic heterocycles. The Balaban J connectivity index is 1.87. The fourth-order valence-corrected chi connectivity index (χ4v) is 3.13. The van der Waals surface area contributed by atoms with Gasteiger partial charge in [0, 0.05) is 30.5 Å². The largest absolute Gasteiger partial charge is 0.493 e. The first kappa shape index (κ1) is 19.0. The number of hydrogen-bond donors (Lipinski definition) is 0. The van der Waals surface area contributed by atoms with Crippen molar-refractivity contribution in [1.29, 1.82) is 0 Å². The number of methoxy groups -OCH3 is 1. The quantitative estimate of drug-likeness (QED) is 0.532. The molecule has 0 saturated carbocycles. The number of benzene rings is 1. The summed E-state index contributed by atoms with van der Waals surface area (Å²) in [6.45, 7) is 3.40. The van der Waals surface area contributed by atoms with Crippen LogP contribution < -0.4 is 15.0 Å². The van der Waals surface area contributed by atoms with E-state index in [1.165, 1.54) is 0 Å². The predicted molar refractivity (Wildman–Crippen MR) is 108 cm³/mol. The van der Waals surface area contributed by atoms with Gasteiger partial charge in [-0.15, -0.1) is 0 Å². The number of hydrogen-bond acceptors (Lipinski definition) is 4. The first-order valence-corrected chi connectivity index (χ1v) is 9.46. The molecule has 0 N–H and O–H groups in total. The van der Waals surface area contributed by atoms with Crippen LogP contribution in [0.4, 0.5) is 0 Å². The Morgan fingerprint density at radius 3 is 2.59 bits per heavy atom. The van der Waals surface area contributed by atoms with Gasteiger partial charge in [0.25, 0.3) is 5.56 Å². The molecule has 5 nitrogen and oxygen atoms in total. The Kier molecular flexibility index (Phi) is 6.47. The highest BCUT2D eigenvalue weighted by molar-refractivity contribution is 5.90. The average molecular weight is 366 g/mol. The molecule has 3 rings (SSSR count). The van der Waals surface area contributed by atoms with E-state index in [1.807, 2.05) is 36.5 Å². The highest BCUT2D eigenvalue weighted by Gasteiger charge is 2.13. The van der Waals surface area contributed by atoms with Gasteiger partial charge in [-0.2, -0.15) is 0 Å². The Hall–Kier alpha value is -2.82. The zero-order chi connectivity index (χ0) is 19.1. The molecule has 0 fully saturated rings. The van der Waals surface area contributed by atoms with E-state index in [4.69, 9.17) is 9.47 Å². The zero-order valence-electron chi connectivity index (χ0n) is 16.0. The van der Waals surface area contributed by atoms with Gasteiger partial charge < -0.3 is 14.0 Å². The molecule has 2 heterocycles. The van der Waals surface area contributed by atoms with E-state index < -0.39 is 0 Å². The Morgan fingerprint density at radius 1 is 1.04 bits per heavy atom. The minimum atomic E-state index is -0.0115. The second kappa shape index (κ2) is 9.21. The first-order valence-electron chi connectivity index (χ1n) is 9.46. The van der Waals surface area contributed by atoms with Gasteiger partial charge in [-0.25, -0.2) is 0 Å². The second-order valence-corrected chi connectivity index (χ2v) is 6.53. The van der Waals surface area contributed by atoms with Crippen molar-refractivity contribution in [2.45, 2.75) is 39.2 Å². The van der Waals surface area contributed by atoms with E-state index in [0.29, 0.717) is 30.0 Å². The zero-order valence-corrected chi connectivity index (χ0v) is 16.0. The lowest BCUT2D eigenvalue weighted by atomic mass is 10.1. The minimum absolute atomic E-state index is 0.0115. The van der Waals surface area contributed by atoms with Crippen molar-refractivity contribution in [2.24, 2.45) is 0 Å². The standard InChI is InChI=1S/C22H26N2O3/c1-3-4-5-16-27-21-18-11-15-24(14-10-17-8-12-23-13-9-17)22(25)19(18)6-7-20(21)26-2/h6-9,11-13,15H,3-5,10,14,16H2,1-2H3. The van der Waals surface area contributed by atoms with Crippen molar-refractivity contribution in [2.75, 3.05) is 13.7 Å². The Morgan fingerprint density at radius 2 is 1.85 bits per heavy atom. The molecular weight excluding hydrogens is 340 g/mol. The first-order chi connectivity index (χ1) is 13.2. The van der Waals surface area contributed by atoms with Crippen molar-refractivity contribution >= 4 is 10.8 Å². The molecule has 0 spiro atoms. The van der Waals surface area contributed by atoms with Gasteiger partial charge in [-0.05, 0) is 48.7 Å². The highest BCUT2D eigenvalue weighted by Crippen LogP contribution is 2.34.